The minimum Gasteiger partial charge on any atom is -0.454 e. The quantitative estimate of drug-likeness (QED) is 0.580. The monoisotopic (exact) mass is 314 g/mol. The maximum absolute atomic E-state index is 11.8. The van der Waals surface area contributed by atoms with Crippen molar-refractivity contribution in [2.45, 2.75) is 46.3 Å². The molecule has 0 unspecified atom stereocenters. The van der Waals surface area contributed by atoms with Crippen molar-refractivity contribution < 1.29 is 9.53 Å². The molecule has 0 radical (unpaired) electrons. The summed E-state index contributed by atoms with van der Waals surface area (Å²) in [6.45, 7) is 7.11. The average Bonchev–Trinajstić information content (AvgIpc) is 2.99. The lowest BCUT2D eigenvalue weighted by atomic mass is 10.0. The number of nitrogens with zero attached hydrogens (tertiary/aromatic N) is 4. The van der Waals surface area contributed by atoms with Gasteiger partial charge in [-0.25, -0.2) is 9.48 Å². The van der Waals surface area contributed by atoms with E-state index in [4.69, 9.17) is 4.74 Å². The Morgan fingerprint density at radius 3 is 2.70 bits per heavy atom. The van der Waals surface area contributed by atoms with Crippen LogP contribution in [-0.2, 0) is 22.7 Å². The summed E-state index contributed by atoms with van der Waals surface area (Å²) >= 11 is 0. The van der Waals surface area contributed by atoms with Gasteiger partial charge in [-0.2, -0.15) is 0 Å². The Balaban J connectivity index is 1.87. The van der Waals surface area contributed by atoms with E-state index >= 15 is 0 Å². The first-order valence-corrected chi connectivity index (χ1v) is 7.80. The molecule has 0 saturated carbocycles. The van der Waals surface area contributed by atoms with Crippen LogP contribution in [0.15, 0.2) is 30.3 Å². The highest BCUT2D eigenvalue weighted by Crippen LogP contribution is 2.15. The van der Waals surface area contributed by atoms with Crippen LogP contribution in [0.4, 0.5) is 0 Å². The SMILES string of the molecule is CCCn1nnnc1COC(=O)/C=C/c1ccc(C(C)C)cc1. The highest BCUT2D eigenvalue weighted by molar-refractivity contribution is 5.87. The lowest BCUT2D eigenvalue weighted by molar-refractivity contribution is -0.139. The average molecular weight is 314 g/mol. The summed E-state index contributed by atoms with van der Waals surface area (Å²) < 4.78 is 6.81. The number of esters is 1. The summed E-state index contributed by atoms with van der Waals surface area (Å²) in [5.41, 5.74) is 2.23. The van der Waals surface area contributed by atoms with E-state index in [2.05, 4.69) is 41.5 Å². The van der Waals surface area contributed by atoms with Gasteiger partial charge in [0, 0.05) is 12.6 Å². The van der Waals surface area contributed by atoms with Crippen molar-refractivity contribution >= 4 is 12.0 Å². The summed E-state index contributed by atoms with van der Waals surface area (Å²) in [5, 5.41) is 11.3. The van der Waals surface area contributed by atoms with Crippen LogP contribution in [-0.4, -0.2) is 26.2 Å². The Morgan fingerprint density at radius 2 is 2.04 bits per heavy atom. The molecule has 0 atom stereocenters. The number of carbonyl (C=O) groups excluding carboxylic acids is 1. The Bertz CT molecular complexity index is 659. The van der Waals surface area contributed by atoms with Gasteiger partial charge in [-0.1, -0.05) is 45.0 Å². The van der Waals surface area contributed by atoms with Gasteiger partial charge in [0.15, 0.2) is 12.4 Å². The number of aryl methyl sites for hydroxylation is 1. The van der Waals surface area contributed by atoms with Gasteiger partial charge in [0.05, 0.1) is 0 Å². The summed E-state index contributed by atoms with van der Waals surface area (Å²) in [7, 11) is 0. The first-order valence-electron chi connectivity index (χ1n) is 7.80. The van der Waals surface area contributed by atoms with Gasteiger partial charge in [-0.15, -0.1) is 5.10 Å². The van der Waals surface area contributed by atoms with Crippen LogP contribution in [0, 0.1) is 0 Å². The van der Waals surface area contributed by atoms with Crippen LogP contribution in [0.5, 0.6) is 0 Å². The molecule has 1 aromatic carbocycles. The number of ether oxygens (including phenoxy) is 1. The zero-order valence-electron chi connectivity index (χ0n) is 13.8. The van der Waals surface area contributed by atoms with Gasteiger partial charge in [0.25, 0.3) is 0 Å². The summed E-state index contributed by atoms with van der Waals surface area (Å²) in [6.07, 6.45) is 4.07. The van der Waals surface area contributed by atoms with E-state index < -0.39 is 5.97 Å². The van der Waals surface area contributed by atoms with Crippen LogP contribution in [0.3, 0.4) is 0 Å². The zero-order valence-corrected chi connectivity index (χ0v) is 13.8. The molecular weight excluding hydrogens is 292 g/mol. The zero-order chi connectivity index (χ0) is 16.7. The Morgan fingerprint density at radius 1 is 1.30 bits per heavy atom. The standard InChI is InChI=1S/C17H22N4O2/c1-4-11-21-16(18-19-20-21)12-23-17(22)10-7-14-5-8-15(9-6-14)13(2)3/h5-10,13H,4,11-12H2,1-3H3/b10-7+. The molecule has 2 aromatic rings. The molecule has 0 N–H and O–H groups in total. The lowest BCUT2D eigenvalue weighted by Gasteiger charge is -2.05. The van der Waals surface area contributed by atoms with Crippen molar-refractivity contribution in [3.05, 3.63) is 47.3 Å². The molecule has 0 aliphatic carbocycles. The molecule has 6 nitrogen and oxygen atoms in total. The second-order valence-corrected chi connectivity index (χ2v) is 5.58. The van der Waals surface area contributed by atoms with Crippen molar-refractivity contribution in [2.75, 3.05) is 0 Å². The minimum absolute atomic E-state index is 0.0719. The van der Waals surface area contributed by atoms with Crippen LogP contribution >= 0.6 is 0 Å². The van der Waals surface area contributed by atoms with Crippen molar-refractivity contribution in [1.82, 2.24) is 20.2 Å². The molecule has 1 aromatic heterocycles. The Kier molecular flexibility index (Phi) is 6.02. The number of rotatable bonds is 7. The van der Waals surface area contributed by atoms with Crippen molar-refractivity contribution in [2.24, 2.45) is 0 Å². The first kappa shape index (κ1) is 16.9. The minimum atomic E-state index is -0.413. The van der Waals surface area contributed by atoms with Gasteiger partial charge in [-0.3, -0.25) is 0 Å². The second kappa shape index (κ2) is 8.22. The number of aromatic nitrogens is 4. The van der Waals surface area contributed by atoms with Crippen LogP contribution < -0.4 is 0 Å². The molecular formula is C17H22N4O2. The largest absolute Gasteiger partial charge is 0.454 e. The fourth-order valence-corrected chi connectivity index (χ4v) is 2.05. The molecule has 1 heterocycles. The van der Waals surface area contributed by atoms with Crippen molar-refractivity contribution in [1.29, 1.82) is 0 Å². The van der Waals surface area contributed by atoms with Crippen LogP contribution in [0.2, 0.25) is 0 Å². The fourth-order valence-electron chi connectivity index (χ4n) is 2.05. The molecule has 0 bridgehead atoms. The molecule has 0 saturated heterocycles. The van der Waals surface area contributed by atoms with E-state index in [1.165, 1.54) is 11.6 Å². The van der Waals surface area contributed by atoms with Gasteiger partial charge in [-0.05, 0) is 40.0 Å². The van der Waals surface area contributed by atoms with E-state index in [-0.39, 0.29) is 6.61 Å². The highest BCUT2D eigenvalue weighted by atomic mass is 16.5. The van der Waals surface area contributed by atoms with Gasteiger partial charge < -0.3 is 4.74 Å². The number of benzene rings is 1. The van der Waals surface area contributed by atoms with Gasteiger partial charge in [0.2, 0.25) is 0 Å². The predicted octanol–water partition coefficient (Wildman–Crippen LogP) is 2.96. The van der Waals surface area contributed by atoms with Crippen molar-refractivity contribution in [3.8, 4) is 0 Å². The molecule has 0 aliphatic heterocycles. The van der Waals surface area contributed by atoms with E-state index in [9.17, 15) is 4.79 Å². The maximum Gasteiger partial charge on any atom is 0.331 e. The molecule has 0 fully saturated rings. The van der Waals surface area contributed by atoms with E-state index in [0.717, 1.165) is 12.0 Å². The third-order valence-corrected chi connectivity index (χ3v) is 3.40. The van der Waals surface area contributed by atoms with Gasteiger partial charge in [0.1, 0.15) is 0 Å². The Hall–Kier alpha value is -2.50. The van der Waals surface area contributed by atoms with Crippen molar-refractivity contribution in [3.63, 3.8) is 0 Å². The maximum atomic E-state index is 11.8. The van der Waals surface area contributed by atoms with E-state index in [1.807, 2.05) is 19.1 Å². The predicted molar refractivity (Wildman–Crippen MR) is 87.5 cm³/mol. The molecule has 122 valence electrons. The molecule has 0 amide bonds. The lowest BCUT2D eigenvalue weighted by Crippen LogP contribution is -2.09. The molecule has 2 rings (SSSR count). The topological polar surface area (TPSA) is 69.9 Å². The van der Waals surface area contributed by atoms with Crippen LogP contribution in [0.1, 0.15) is 50.1 Å². The fraction of sp³-hybridized carbons (Fsp3) is 0.412. The third kappa shape index (κ3) is 5.02. The first-order chi connectivity index (χ1) is 11.1. The van der Waals surface area contributed by atoms with Crippen LogP contribution in [0.25, 0.3) is 6.08 Å². The highest BCUT2D eigenvalue weighted by Gasteiger charge is 2.07. The van der Waals surface area contributed by atoms with Gasteiger partial charge >= 0.3 is 5.97 Å². The third-order valence-electron chi connectivity index (χ3n) is 3.40. The number of tetrazole rings is 1. The normalized spacial score (nSPS) is 11.3. The summed E-state index contributed by atoms with van der Waals surface area (Å²) in [6, 6.07) is 8.10. The Labute approximate surface area is 136 Å². The summed E-state index contributed by atoms with van der Waals surface area (Å²) in [5.74, 6) is 0.631. The molecule has 23 heavy (non-hydrogen) atoms. The smallest absolute Gasteiger partial charge is 0.331 e. The summed E-state index contributed by atoms with van der Waals surface area (Å²) in [4.78, 5) is 11.8. The molecule has 0 aliphatic rings. The number of hydrogen-bond acceptors (Lipinski definition) is 5. The van der Waals surface area contributed by atoms with E-state index in [0.29, 0.717) is 18.3 Å². The number of hydrogen-bond donors (Lipinski definition) is 0. The number of carbonyl (C=O) groups is 1. The molecule has 0 spiro atoms. The molecule has 6 heteroatoms. The van der Waals surface area contributed by atoms with E-state index in [1.54, 1.807) is 10.8 Å². The second-order valence-electron chi connectivity index (χ2n) is 5.58.